The average molecular weight is 192 g/mol. The van der Waals surface area contributed by atoms with Gasteiger partial charge in [0, 0.05) is 11.5 Å². The number of hydrogen-bond acceptors (Lipinski definition) is 1. The second kappa shape index (κ2) is 3.27. The van der Waals surface area contributed by atoms with Crippen LogP contribution >= 0.6 is 11.6 Å². The van der Waals surface area contributed by atoms with E-state index < -0.39 is 0 Å². The van der Waals surface area contributed by atoms with E-state index in [9.17, 15) is 0 Å². The molecule has 0 aliphatic heterocycles. The number of fused-ring (bicyclic) bond motifs is 1. The van der Waals surface area contributed by atoms with Crippen molar-refractivity contribution in [1.82, 2.24) is 0 Å². The van der Waals surface area contributed by atoms with Crippen LogP contribution in [-0.2, 0) is 0 Å². The number of rotatable bonds is 1. The largest absolute Gasteiger partial charge is 0.495 e. The van der Waals surface area contributed by atoms with Crippen molar-refractivity contribution < 1.29 is 4.74 Å². The normalized spacial score (nSPS) is 10.3. The van der Waals surface area contributed by atoms with Gasteiger partial charge in [-0.25, -0.2) is 0 Å². The van der Waals surface area contributed by atoms with E-state index in [1.807, 2.05) is 30.3 Å². The number of hydrogen-bond donors (Lipinski definition) is 0. The van der Waals surface area contributed by atoms with Gasteiger partial charge in [-0.05, 0) is 17.5 Å². The molecule has 0 atom stereocenters. The topological polar surface area (TPSA) is 9.23 Å². The summed E-state index contributed by atoms with van der Waals surface area (Å²) in [5.74, 6) is 0.697. The first kappa shape index (κ1) is 8.39. The molecular formula is C11H8ClO. The molecule has 0 aliphatic carbocycles. The molecule has 2 aromatic rings. The maximum absolute atomic E-state index is 6.04. The molecule has 1 nitrogen and oxygen atoms in total. The summed E-state index contributed by atoms with van der Waals surface area (Å²) in [4.78, 5) is 0. The molecule has 0 aromatic heterocycles. The maximum Gasteiger partial charge on any atom is 0.136 e. The van der Waals surface area contributed by atoms with E-state index in [0.29, 0.717) is 10.8 Å². The fourth-order valence-electron chi connectivity index (χ4n) is 1.36. The summed E-state index contributed by atoms with van der Waals surface area (Å²) in [6.07, 6.45) is 0. The van der Waals surface area contributed by atoms with Gasteiger partial charge in [-0.2, -0.15) is 0 Å². The lowest BCUT2D eigenvalue weighted by atomic mass is 10.1. The highest BCUT2D eigenvalue weighted by atomic mass is 35.5. The van der Waals surface area contributed by atoms with Crippen molar-refractivity contribution in [3.05, 3.63) is 41.4 Å². The Morgan fingerprint density at radius 3 is 2.92 bits per heavy atom. The van der Waals surface area contributed by atoms with Crippen molar-refractivity contribution in [1.29, 1.82) is 0 Å². The Labute approximate surface area is 81.9 Å². The smallest absolute Gasteiger partial charge is 0.136 e. The van der Waals surface area contributed by atoms with Gasteiger partial charge >= 0.3 is 0 Å². The van der Waals surface area contributed by atoms with Gasteiger partial charge in [0.1, 0.15) is 5.75 Å². The molecule has 65 valence electrons. The van der Waals surface area contributed by atoms with Gasteiger partial charge in [-0.1, -0.05) is 29.8 Å². The highest BCUT2D eigenvalue weighted by Crippen LogP contribution is 2.31. The third kappa shape index (κ3) is 1.36. The Hall–Kier alpha value is -1.21. The van der Waals surface area contributed by atoms with Crippen LogP contribution in [-0.4, -0.2) is 7.11 Å². The summed E-state index contributed by atoms with van der Waals surface area (Å²) in [6.45, 7) is 0. The summed E-state index contributed by atoms with van der Waals surface area (Å²) >= 11 is 6.04. The lowest BCUT2D eigenvalue weighted by Gasteiger charge is -2.05. The van der Waals surface area contributed by atoms with Gasteiger partial charge in [-0.3, -0.25) is 0 Å². The lowest BCUT2D eigenvalue weighted by molar-refractivity contribution is 0.419. The van der Waals surface area contributed by atoms with Crippen LogP contribution < -0.4 is 4.74 Å². The average Bonchev–Trinajstić information content (AvgIpc) is 2.17. The van der Waals surface area contributed by atoms with Crippen LogP contribution in [0.4, 0.5) is 0 Å². The molecule has 1 radical (unpaired) electrons. The molecule has 0 N–H and O–H groups in total. The first-order valence-corrected chi connectivity index (χ1v) is 4.33. The first-order chi connectivity index (χ1) is 6.33. The van der Waals surface area contributed by atoms with Crippen molar-refractivity contribution in [3.63, 3.8) is 0 Å². The van der Waals surface area contributed by atoms with Crippen molar-refractivity contribution >= 4 is 22.4 Å². The monoisotopic (exact) mass is 191 g/mol. The van der Waals surface area contributed by atoms with Crippen LogP contribution in [0.15, 0.2) is 30.3 Å². The van der Waals surface area contributed by atoms with Crippen molar-refractivity contribution in [2.75, 3.05) is 7.11 Å². The summed E-state index contributed by atoms with van der Waals surface area (Å²) in [5.41, 5.74) is 0. The lowest BCUT2D eigenvalue weighted by Crippen LogP contribution is -1.85. The maximum atomic E-state index is 6.04. The molecule has 0 bridgehead atoms. The van der Waals surface area contributed by atoms with Gasteiger partial charge in [0.2, 0.25) is 0 Å². The number of halogens is 1. The molecule has 0 spiro atoms. The molecule has 2 aromatic carbocycles. The number of benzene rings is 2. The molecule has 13 heavy (non-hydrogen) atoms. The van der Waals surface area contributed by atoms with Crippen molar-refractivity contribution in [2.45, 2.75) is 0 Å². The second-order valence-electron chi connectivity index (χ2n) is 2.71. The van der Waals surface area contributed by atoms with Crippen LogP contribution in [0, 0.1) is 6.07 Å². The summed E-state index contributed by atoms with van der Waals surface area (Å²) < 4.78 is 5.17. The van der Waals surface area contributed by atoms with E-state index in [4.69, 9.17) is 16.3 Å². The van der Waals surface area contributed by atoms with Gasteiger partial charge < -0.3 is 4.74 Å². The SMILES string of the molecule is COc1[c]ccc2cccc(Cl)c12. The van der Waals surface area contributed by atoms with E-state index in [1.165, 1.54) is 0 Å². The van der Waals surface area contributed by atoms with Gasteiger partial charge in [0.05, 0.1) is 12.1 Å². The molecule has 0 saturated carbocycles. The Morgan fingerprint density at radius 2 is 2.15 bits per heavy atom. The number of ether oxygens (including phenoxy) is 1. The predicted octanol–water partition coefficient (Wildman–Crippen LogP) is 3.30. The fraction of sp³-hybridized carbons (Fsp3) is 0.0909. The van der Waals surface area contributed by atoms with Crippen LogP contribution in [0.5, 0.6) is 5.75 Å². The highest BCUT2D eigenvalue weighted by Gasteiger charge is 2.03. The van der Waals surface area contributed by atoms with Gasteiger partial charge in [0.15, 0.2) is 0 Å². The highest BCUT2D eigenvalue weighted by molar-refractivity contribution is 6.36. The molecule has 0 fully saturated rings. The zero-order valence-corrected chi connectivity index (χ0v) is 7.93. The van der Waals surface area contributed by atoms with E-state index in [0.717, 1.165) is 10.8 Å². The zero-order chi connectivity index (χ0) is 9.26. The molecule has 0 amide bonds. The first-order valence-electron chi connectivity index (χ1n) is 3.96. The predicted molar refractivity (Wildman–Crippen MR) is 54.3 cm³/mol. The Balaban J connectivity index is 2.87. The summed E-state index contributed by atoms with van der Waals surface area (Å²) in [5, 5.41) is 2.70. The molecule has 0 unspecified atom stereocenters. The molecule has 2 rings (SSSR count). The third-order valence-electron chi connectivity index (χ3n) is 1.95. The second-order valence-corrected chi connectivity index (χ2v) is 3.12. The molecule has 0 aliphatic rings. The summed E-state index contributed by atoms with van der Waals surface area (Å²) in [7, 11) is 1.62. The third-order valence-corrected chi connectivity index (χ3v) is 2.27. The van der Waals surface area contributed by atoms with Crippen LogP contribution in [0.2, 0.25) is 5.02 Å². The molecule has 2 heteroatoms. The minimum absolute atomic E-state index is 0.697. The Bertz CT molecular complexity index is 432. The molecule has 0 saturated heterocycles. The number of methoxy groups -OCH3 is 1. The minimum Gasteiger partial charge on any atom is -0.495 e. The standard InChI is InChI=1S/C11H8ClO/c1-13-10-7-3-5-8-4-2-6-9(12)11(8)10/h2-6H,1H3. The Kier molecular flexibility index (Phi) is 2.11. The van der Waals surface area contributed by atoms with Gasteiger partial charge in [-0.15, -0.1) is 0 Å². The fourth-order valence-corrected chi connectivity index (χ4v) is 1.63. The van der Waals surface area contributed by atoms with Crippen molar-refractivity contribution in [3.8, 4) is 5.75 Å². The minimum atomic E-state index is 0.697. The quantitative estimate of drug-likeness (QED) is 0.672. The van der Waals surface area contributed by atoms with E-state index in [1.54, 1.807) is 7.11 Å². The molecule has 0 heterocycles. The van der Waals surface area contributed by atoms with Crippen LogP contribution in [0.25, 0.3) is 10.8 Å². The van der Waals surface area contributed by atoms with E-state index in [-0.39, 0.29) is 0 Å². The van der Waals surface area contributed by atoms with Crippen LogP contribution in [0.1, 0.15) is 0 Å². The van der Waals surface area contributed by atoms with E-state index >= 15 is 0 Å². The van der Waals surface area contributed by atoms with Crippen LogP contribution in [0.3, 0.4) is 0 Å². The van der Waals surface area contributed by atoms with E-state index in [2.05, 4.69) is 6.07 Å². The molecular weight excluding hydrogens is 184 g/mol. The van der Waals surface area contributed by atoms with Gasteiger partial charge in [0.25, 0.3) is 0 Å². The Morgan fingerprint density at radius 1 is 1.31 bits per heavy atom. The van der Waals surface area contributed by atoms with Crippen molar-refractivity contribution in [2.24, 2.45) is 0 Å². The summed E-state index contributed by atoms with van der Waals surface area (Å²) in [6, 6.07) is 12.6. The zero-order valence-electron chi connectivity index (χ0n) is 7.17.